The van der Waals surface area contributed by atoms with E-state index in [4.69, 9.17) is 9.47 Å². The Kier molecular flexibility index (Phi) is 7.41. The van der Waals surface area contributed by atoms with Crippen LogP contribution < -0.4 is 15.5 Å². The van der Waals surface area contributed by atoms with Crippen LogP contribution in [-0.4, -0.2) is 54.9 Å². The fourth-order valence-electron chi connectivity index (χ4n) is 2.62. The maximum atomic E-state index is 11.9. The van der Waals surface area contributed by atoms with Crippen molar-refractivity contribution in [3.8, 4) is 0 Å². The minimum atomic E-state index is -0.551. The van der Waals surface area contributed by atoms with Gasteiger partial charge in [0, 0.05) is 38.8 Å². The minimum absolute atomic E-state index is 0.142. The Morgan fingerprint density at radius 3 is 2.74 bits per heavy atom. The van der Waals surface area contributed by atoms with Crippen molar-refractivity contribution < 1.29 is 19.1 Å². The second-order valence-electron chi connectivity index (χ2n) is 7.61. The fourth-order valence-corrected chi connectivity index (χ4v) is 2.62. The van der Waals surface area contributed by atoms with E-state index in [0.717, 1.165) is 24.5 Å². The molecule has 2 amide bonds. The first-order valence-corrected chi connectivity index (χ1v) is 9.28. The van der Waals surface area contributed by atoms with Crippen LogP contribution in [0.2, 0.25) is 0 Å². The number of carbonyl (C=O) groups is 2. The van der Waals surface area contributed by atoms with Gasteiger partial charge in [-0.25, -0.2) is 9.78 Å². The summed E-state index contributed by atoms with van der Waals surface area (Å²) in [6.07, 6.45) is 1.65. The number of alkyl carbamates (subject to hydrolysis) is 1. The highest BCUT2D eigenvalue weighted by atomic mass is 16.6. The zero-order valence-electron chi connectivity index (χ0n) is 16.6. The van der Waals surface area contributed by atoms with Crippen LogP contribution in [0.25, 0.3) is 0 Å². The molecule has 0 aliphatic carbocycles. The monoisotopic (exact) mass is 378 g/mol. The topological polar surface area (TPSA) is 92.8 Å². The standard InChI is InChI=1S/C19H30N4O4/c1-14-13-23(9-10-26-14)16-6-5-15(11-21-16)12-22-17(24)7-8-20-18(25)27-19(2,3)4/h5-6,11,14H,7-10,12-13H2,1-4H3,(H,20,25)(H,22,24)/t14-/m1/s1. The first-order chi connectivity index (χ1) is 12.7. The Hall–Kier alpha value is -2.35. The molecule has 0 unspecified atom stereocenters. The van der Waals surface area contributed by atoms with E-state index in [1.165, 1.54) is 0 Å². The van der Waals surface area contributed by atoms with Crippen molar-refractivity contribution in [2.75, 3.05) is 31.1 Å². The van der Waals surface area contributed by atoms with Gasteiger partial charge in [0.05, 0.1) is 12.7 Å². The van der Waals surface area contributed by atoms with E-state index in [1.807, 2.05) is 19.1 Å². The van der Waals surface area contributed by atoms with Crippen LogP contribution in [0.15, 0.2) is 18.3 Å². The van der Waals surface area contributed by atoms with E-state index in [0.29, 0.717) is 13.2 Å². The fraction of sp³-hybridized carbons (Fsp3) is 0.632. The van der Waals surface area contributed by atoms with Gasteiger partial charge in [-0.2, -0.15) is 0 Å². The second-order valence-corrected chi connectivity index (χ2v) is 7.61. The molecule has 8 heteroatoms. The number of pyridine rings is 1. The molecule has 0 radical (unpaired) electrons. The van der Waals surface area contributed by atoms with Crippen molar-refractivity contribution >= 4 is 17.8 Å². The molecule has 8 nitrogen and oxygen atoms in total. The van der Waals surface area contributed by atoms with Crippen LogP contribution >= 0.6 is 0 Å². The molecule has 0 bridgehead atoms. The summed E-state index contributed by atoms with van der Waals surface area (Å²) in [4.78, 5) is 30.1. The average Bonchev–Trinajstić information content (AvgIpc) is 2.59. The number of nitrogens with one attached hydrogen (secondary N) is 2. The summed E-state index contributed by atoms with van der Waals surface area (Å²) in [6.45, 7) is 10.4. The molecule has 2 rings (SSSR count). The van der Waals surface area contributed by atoms with Crippen molar-refractivity contribution in [3.63, 3.8) is 0 Å². The number of anilines is 1. The first kappa shape index (κ1) is 21.0. The van der Waals surface area contributed by atoms with Crippen LogP contribution in [0.3, 0.4) is 0 Å². The van der Waals surface area contributed by atoms with Gasteiger partial charge in [-0.15, -0.1) is 0 Å². The number of ether oxygens (including phenoxy) is 2. The van der Waals surface area contributed by atoms with Crippen LogP contribution in [0, 0.1) is 0 Å². The molecule has 0 saturated carbocycles. The highest BCUT2D eigenvalue weighted by Gasteiger charge is 2.18. The molecule has 1 aromatic rings. The molecule has 1 aromatic heterocycles. The molecular weight excluding hydrogens is 348 g/mol. The van der Waals surface area contributed by atoms with Crippen LogP contribution in [0.5, 0.6) is 0 Å². The Bertz CT molecular complexity index is 628. The highest BCUT2D eigenvalue weighted by molar-refractivity contribution is 5.77. The van der Waals surface area contributed by atoms with Crippen molar-refractivity contribution in [2.24, 2.45) is 0 Å². The SMILES string of the molecule is C[C@@H]1CN(c2ccc(CNC(=O)CCNC(=O)OC(C)(C)C)cn2)CCO1. The van der Waals surface area contributed by atoms with Gasteiger partial charge in [-0.05, 0) is 39.3 Å². The number of hydrogen-bond acceptors (Lipinski definition) is 6. The van der Waals surface area contributed by atoms with Gasteiger partial charge in [-0.3, -0.25) is 4.79 Å². The van der Waals surface area contributed by atoms with Gasteiger partial charge in [0.1, 0.15) is 11.4 Å². The molecule has 27 heavy (non-hydrogen) atoms. The maximum absolute atomic E-state index is 11.9. The van der Waals surface area contributed by atoms with Gasteiger partial charge in [0.15, 0.2) is 0 Å². The summed E-state index contributed by atoms with van der Waals surface area (Å²) < 4.78 is 10.7. The zero-order chi connectivity index (χ0) is 19.9. The molecule has 1 aliphatic rings. The molecule has 150 valence electrons. The van der Waals surface area contributed by atoms with Crippen molar-refractivity contribution in [3.05, 3.63) is 23.9 Å². The molecule has 1 aliphatic heterocycles. The number of hydrogen-bond donors (Lipinski definition) is 2. The van der Waals surface area contributed by atoms with E-state index in [9.17, 15) is 9.59 Å². The lowest BCUT2D eigenvalue weighted by atomic mass is 10.2. The molecule has 2 N–H and O–H groups in total. The Balaban J connectivity index is 1.68. The lowest BCUT2D eigenvalue weighted by Crippen LogP contribution is -2.41. The zero-order valence-corrected chi connectivity index (χ0v) is 16.6. The summed E-state index contributed by atoms with van der Waals surface area (Å²) in [6, 6.07) is 3.92. The number of carbonyl (C=O) groups excluding carboxylic acids is 2. The summed E-state index contributed by atoms with van der Waals surface area (Å²) in [5.41, 5.74) is 0.374. The Morgan fingerprint density at radius 1 is 1.33 bits per heavy atom. The van der Waals surface area contributed by atoms with Crippen LogP contribution in [-0.2, 0) is 20.8 Å². The van der Waals surface area contributed by atoms with Gasteiger partial charge < -0.3 is 25.0 Å². The third kappa shape index (κ3) is 7.82. The van der Waals surface area contributed by atoms with Gasteiger partial charge in [0.25, 0.3) is 0 Å². The number of nitrogens with zero attached hydrogens (tertiary/aromatic N) is 2. The van der Waals surface area contributed by atoms with Gasteiger partial charge >= 0.3 is 6.09 Å². The number of amides is 2. The molecule has 1 saturated heterocycles. The van der Waals surface area contributed by atoms with E-state index >= 15 is 0 Å². The van der Waals surface area contributed by atoms with E-state index in [2.05, 4.69) is 20.5 Å². The Morgan fingerprint density at radius 2 is 2.11 bits per heavy atom. The molecule has 1 atom stereocenters. The lowest BCUT2D eigenvalue weighted by molar-refractivity contribution is -0.121. The molecular formula is C19H30N4O4. The van der Waals surface area contributed by atoms with Crippen LogP contribution in [0.4, 0.5) is 10.6 Å². The minimum Gasteiger partial charge on any atom is -0.444 e. The first-order valence-electron chi connectivity index (χ1n) is 9.28. The summed E-state index contributed by atoms with van der Waals surface area (Å²) >= 11 is 0. The normalized spacial score (nSPS) is 17.3. The van der Waals surface area contributed by atoms with E-state index in [-0.39, 0.29) is 25.0 Å². The summed E-state index contributed by atoms with van der Waals surface area (Å²) in [5.74, 6) is 0.777. The number of morpholine rings is 1. The van der Waals surface area contributed by atoms with E-state index in [1.54, 1.807) is 27.0 Å². The summed E-state index contributed by atoms with van der Waals surface area (Å²) in [5, 5.41) is 5.39. The third-order valence-corrected chi connectivity index (χ3v) is 3.88. The molecule has 1 fully saturated rings. The van der Waals surface area contributed by atoms with Crippen molar-refractivity contribution in [2.45, 2.75) is 52.4 Å². The predicted molar refractivity (Wildman–Crippen MR) is 103 cm³/mol. The Labute approximate surface area is 160 Å². The van der Waals surface area contributed by atoms with Gasteiger partial charge in [0.2, 0.25) is 5.91 Å². The summed E-state index contributed by atoms with van der Waals surface area (Å²) in [7, 11) is 0. The molecule has 0 aromatic carbocycles. The van der Waals surface area contributed by atoms with E-state index < -0.39 is 11.7 Å². The third-order valence-electron chi connectivity index (χ3n) is 3.88. The molecule has 0 spiro atoms. The maximum Gasteiger partial charge on any atom is 0.407 e. The largest absolute Gasteiger partial charge is 0.444 e. The van der Waals surface area contributed by atoms with Gasteiger partial charge in [-0.1, -0.05) is 6.07 Å². The van der Waals surface area contributed by atoms with Crippen molar-refractivity contribution in [1.82, 2.24) is 15.6 Å². The highest BCUT2D eigenvalue weighted by Crippen LogP contribution is 2.15. The lowest BCUT2D eigenvalue weighted by Gasteiger charge is -2.32. The van der Waals surface area contributed by atoms with Crippen molar-refractivity contribution in [1.29, 1.82) is 0 Å². The number of aromatic nitrogens is 1. The predicted octanol–water partition coefficient (Wildman–Crippen LogP) is 1.84. The van der Waals surface area contributed by atoms with Crippen LogP contribution in [0.1, 0.15) is 39.7 Å². The number of rotatable bonds is 6. The quantitative estimate of drug-likeness (QED) is 0.785. The average molecular weight is 378 g/mol. The second kappa shape index (κ2) is 9.55. The smallest absolute Gasteiger partial charge is 0.407 e. The molecule has 2 heterocycles.